The second-order valence-corrected chi connectivity index (χ2v) is 5.90. The number of halogens is 1. The third-order valence-electron chi connectivity index (χ3n) is 3.47. The molecule has 2 aromatic carbocycles. The molecule has 0 fully saturated rings. The Balaban J connectivity index is 1.75. The highest BCUT2D eigenvalue weighted by atomic mass is 35.5. The van der Waals surface area contributed by atoms with Crippen LogP contribution in [0.3, 0.4) is 0 Å². The normalized spacial score (nSPS) is 10.4. The van der Waals surface area contributed by atoms with Crippen LogP contribution in [0.25, 0.3) is 6.08 Å². The van der Waals surface area contributed by atoms with Gasteiger partial charge in [0.05, 0.1) is 12.7 Å². The second-order valence-electron chi connectivity index (χ2n) is 5.46. The summed E-state index contributed by atoms with van der Waals surface area (Å²) in [6.07, 6.45) is 2.73. The van der Waals surface area contributed by atoms with E-state index < -0.39 is 17.8 Å². The van der Waals surface area contributed by atoms with E-state index in [-0.39, 0.29) is 6.61 Å². The molecule has 6 nitrogen and oxygen atoms in total. The molecule has 0 aliphatic rings. The zero-order valence-electron chi connectivity index (χ0n) is 14.6. The summed E-state index contributed by atoms with van der Waals surface area (Å²) in [6, 6.07) is 13.6. The van der Waals surface area contributed by atoms with E-state index in [4.69, 9.17) is 16.3 Å². The van der Waals surface area contributed by atoms with Gasteiger partial charge in [-0.2, -0.15) is 0 Å². The Morgan fingerprint density at radius 1 is 1.11 bits per heavy atom. The predicted molar refractivity (Wildman–Crippen MR) is 101 cm³/mol. The molecule has 0 spiro atoms. The lowest BCUT2D eigenvalue weighted by molar-refractivity contribution is -0.143. The largest absolute Gasteiger partial charge is 0.465 e. The maximum absolute atomic E-state index is 11.7. The molecule has 1 amide bonds. The third kappa shape index (κ3) is 6.95. The van der Waals surface area contributed by atoms with Crippen molar-refractivity contribution >= 4 is 35.5 Å². The lowest BCUT2D eigenvalue weighted by Crippen LogP contribution is -2.28. The number of amides is 1. The summed E-state index contributed by atoms with van der Waals surface area (Å²) in [7, 11) is 1.30. The first-order chi connectivity index (χ1) is 13.0. The zero-order valence-corrected chi connectivity index (χ0v) is 15.4. The summed E-state index contributed by atoms with van der Waals surface area (Å²) in [5, 5.41) is 3.22. The average Bonchev–Trinajstić information content (AvgIpc) is 2.69. The van der Waals surface area contributed by atoms with E-state index in [9.17, 15) is 14.4 Å². The van der Waals surface area contributed by atoms with E-state index in [1.165, 1.54) is 19.3 Å². The van der Waals surface area contributed by atoms with Gasteiger partial charge in [0.25, 0.3) is 5.91 Å². The van der Waals surface area contributed by atoms with Crippen molar-refractivity contribution in [1.29, 1.82) is 0 Å². The van der Waals surface area contributed by atoms with Crippen molar-refractivity contribution in [3.05, 3.63) is 76.3 Å². The highest BCUT2D eigenvalue weighted by Crippen LogP contribution is 2.10. The molecule has 2 rings (SSSR count). The Labute approximate surface area is 161 Å². The number of hydrogen-bond donors (Lipinski definition) is 1. The van der Waals surface area contributed by atoms with Gasteiger partial charge in [-0.1, -0.05) is 35.9 Å². The first-order valence-corrected chi connectivity index (χ1v) is 8.40. The molecule has 0 heterocycles. The van der Waals surface area contributed by atoms with Crippen LogP contribution in [0.15, 0.2) is 54.6 Å². The molecule has 0 aliphatic carbocycles. The number of methoxy groups -OCH3 is 1. The molecule has 2 aromatic rings. The zero-order chi connectivity index (χ0) is 19.6. The van der Waals surface area contributed by atoms with Crippen LogP contribution in [0.2, 0.25) is 5.02 Å². The summed E-state index contributed by atoms with van der Waals surface area (Å²) < 4.78 is 9.49. The van der Waals surface area contributed by atoms with E-state index in [1.54, 1.807) is 42.5 Å². The molecule has 0 aromatic heterocycles. The van der Waals surface area contributed by atoms with Gasteiger partial charge in [0, 0.05) is 17.6 Å². The van der Waals surface area contributed by atoms with E-state index in [2.05, 4.69) is 10.1 Å². The molecule has 0 atom stereocenters. The molecular formula is C20H18ClNO5. The van der Waals surface area contributed by atoms with Crippen molar-refractivity contribution in [3.8, 4) is 0 Å². The van der Waals surface area contributed by atoms with Crippen molar-refractivity contribution in [2.24, 2.45) is 0 Å². The Bertz CT molecular complexity index is 846. The number of esters is 2. The van der Waals surface area contributed by atoms with Crippen molar-refractivity contribution in [2.75, 3.05) is 13.7 Å². The molecule has 0 saturated heterocycles. The van der Waals surface area contributed by atoms with Gasteiger partial charge in [-0.05, 0) is 41.5 Å². The van der Waals surface area contributed by atoms with Crippen molar-refractivity contribution in [1.82, 2.24) is 5.32 Å². The summed E-state index contributed by atoms with van der Waals surface area (Å²) in [5.74, 6) is -1.50. The standard InChI is InChI=1S/C20H18ClNO5/c1-26-20(25)16-8-5-14(6-9-16)7-10-19(24)27-13-18(23)22-12-15-3-2-4-17(21)11-15/h2-11H,12-13H2,1H3,(H,22,23)/b10-7+. The van der Waals surface area contributed by atoms with Crippen molar-refractivity contribution in [2.45, 2.75) is 6.54 Å². The van der Waals surface area contributed by atoms with Gasteiger partial charge in [0.15, 0.2) is 6.61 Å². The Kier molecular flexibility index (Phi) is 7.58. The number of carbonyl (C=O) groups excluding carboxylic acids is 3. The number of carbonyl (C=O) groups is 3. The second kappa shape index (κ2) is 10.1. The van der Waals surface area contributed by atoms with Crippen LogP contribution in [-0.4, -0.2) is 31.6 Å². The van der Waals surface area contributed by atoms with Gasteiger partial charge >= 0.3 is 11.9 Å². The number of benzene rings is 2. The van der Waals surface area contributed by atoms with Gasteiger partial charge < -0.3 is 14.8 Å². The third-order valence-corrected chi connectivity index (χ3v) is 3.70. The molecule has 140 valence electrons. The number of ether oxygens (including phenoxy) is 2. The van der Waals surface area contributed by atoms with Crippen LogP contribution in [0.1, 0.15) is 21.5 Å². The number of rotatable bonds is 7. The average molecular weight is 388 g/mol. The first kappa shape index (κ1) is 20.2. The maximum atomic E-state index is 11.7. The van der Waals surface area contributed by atoms with Gasteiger partial charge in [0.1, 0.15) is 0 Å². The fourth-order valence-corrected chi connectivity index (χ4v) is 2.31. The summed E-state index contributed by atoms with van der Waals surface area (Å²) >= 11 is 5.87. The number of hydrogen-bond acceptors (Lipinski definition) is 5. The summed E-state index contributed by atoms with van der Waals surface area (Å²) in [6.45, 7) is -0.0929. The van der Waals surface area contributed by atoms with Gasteiger partial charge in [0.2, 0.25) is 0 Å². The fraction of sp³-hybridized carbons (Fsp3) is 0.150. The fourth-order valence-electron chi connectivity index (χ4n) is 2.10. The topological polar surface area (TPSA) is 81.7 Å². The van der Waals surface area contributed by atoms with Crippen molar-refractivity contribution < 1.29 is 23.9 Å². The predicted octanol–water partition coefficient (Wildman–Crippen LogP) is 3.00. The van der Waals surface area contributed by atoms with Crippen LogP contribution < -0.4 is 5.32 Å². The smallest absolute Gasteiger partial charge is 0.337 e. The van der Waals surface area contributed by atoms with E-state index >= 15 is 0 Å². The van der Waals surface area contributed by atoms with Crippen LogP contribution in [-0.2, 0) is 25.6 Å². The minimum atomic E-state index is -0.648. The highest BCUT2D eigenvalue weighted by Gasteiger charge is 2.06. The molecule has 0 bridgehead atoms. The molecule has 7 heteroatoms. The van der Waals surface area contributed by atoms with Gasteiger partial charge in [-0.3, -0.25) is 4.79 Å². The van der Waals surface area contributed by atoms with Gasteiger partial charge in [-0.15, -0.1) is 0 Å². The lowest BCUT2D eigenvalue weighted by atomic mass is 10.1. The van der Waals surface area contributed by atoms with Crippen LogP contribution in [0.4, 0.5) is 0 Å². The Morgan fingerprint density at radius 3 is 2.52 bits per heavy atom. The minimum Gasteiger partial charge on any atom is -0.465 e. The van der Waals surface area contributed by atoms with E-state index in [0.717, 1.165) is 5.56 Å². The summed E-state index contributed by atoms with van der Waals surface area (Å²) in [5.41, 5.74) is 1.95. The lowest BCUT2D eigenvalue weighted by Gasteiger charge is -2.06. The molecule has 0 radical (unpaired) electrons. The van der Waals surface area contributed by atoms with E-state index in [1.807, 2.05) is 6.07 Å². The molecule has 27 heavy (non-hydrogen) atoms. The molecule has 1 N–H and O–H groups in total. The quantitative estimate of drug-likeness (QED) is 0.583. The first-order valence-electron chi connectivity index (χ1n) is 8.02. The van der Waals surface area contributed by atoms with E-state index in [0.29, 0.717) is 22.7 Å². The number of nitrogens with one attached hydrogen (secondary N) is 1. The molecule has 0 unspecified atom stereocenters. The highest BCUT2D eigenvalue weighted by molar-refractivity contribution is 6.30. The minimum absolute atomic E-state index is 0.291. The molecule has 0 aliphatic heterocycles. The van der Waals surface area contributed by atoms with Crippen LogP contribution in [0, 0.1) is 0 Å². The Hall–Kier alpha value is -3.12. The van der Waals surface area contributed by atoms with Crippen molar-refractivity contribution in [3.63, 3.8) is 0 Å². The SMILES string of the molecule is COC(=O)c1ccc(/C=C/C(=O)OCC(=O)NCc2cccc(Cl)c2)cc1. The maximum Gasteiger partial charge on any atom is 0.337 e. The van der Waals surface area contributed by atoms with Gasteiger partial charge in [-0.25, -0.2) is 9.59 Å². The monoisotopic (exact) mass is 387 g/mol. The Morgan fingerprint density at radius 2 is 1.85 bits per heavy atom. The summed E-state index contributed by atoms with van der Waals surface area (Å²) in [4.78, 5) is 34.7. The molecule has 0 saturated carbocycles. The van der Waals surface area contributed by atoms with Crippen LogP contribution in [0.5, 0.6) is 0 Å². The molecular weight excluding hydrogens is 370 g/mol. The van der Waals surface area contributed by atoms with Crippen LogP contribution >= 0.6 is 11.6 Å².